The first kappa shape index (κ1) is 11.8. The van der Waals surface area contributed by atoms with Crippen molar-refractivity contribution in [1.82, 2.24) is 0 Å². The first-order chi connectivity index (χ1) is 10.9. The van der Waals surface area contributed by atoms with E-state index < -0.39 is 0 Å². The maximum absolute atomic E-state index is 2.33. The van der Waals surface area contributed by atoms with Crippen LogP contribution in [-0.4, -0.2) is 0 Å². The van der Waals surface area contributed by atoms with Gasteiger partial charge in [-0.15, -0.1) is 0 Å². The van der Waals surface area contributed by atoms with E-state index in [0.29, 0.717) is 0 Å². The SMILES string of the molecule is C1=C(c2cccc3ccccc23)c2cccc3cccc1c23. The lowest BCUT2D eigenvalue weighted by atomic mass is 9.94. The van der Waals surface area contributed by atoms with E-state index in [0.717, 1.165) is 0 Å². The Hall–Kier alpha value is -2.86. The van der Waals surface area contributed by atoms with E-state index in [1.807, 2.05) is 0 Å². The predicted molar refractivity (Wildman–Crippen MR) is 94.9 cm³/mol. The number of benzene rings is 4. The van der Waals surface area contributed by atoms with E-state index in [4.69, 9.17) is 0 Å². The van der Waals surface area contributed by atoms with Gasteiger partial charge in [0.15, 0.2) is 0 Å². The van der Waals surface area contributed by atoms with Crippen LogP contribution in [0.2, 0.25) is 0 Å². The van der Waals surface area contributed by atoms with E-state index >= 15 is 0 Å². The fourth-order valence-electron chi connectivity index (χ4n) is 3.63. The second-order valence-corrected chi connectivity index (χ2v) is 5.84. The highest BCUT2D eigenvalue weighted by Crippen LogP contribution is 2.41. The van der Waals surface area contributed by atoms with Gasteiger partial charge in [-0.3, -0.25) is 0 Å². The summed E-state index contributed by atoms with van der Waals surface area (Å²) in [6, 6.07) is 28.3. The minimum absolute atomic E-state index is 1.30. The van der Waals surface area contributed by atoms with Gasteiger partial charge in [0.2, 0.25) is 0 Å². The summed E-state index contributed by atoms with van der Waals surface area (Å²) in [7, 11) is 0. The Bertz CT molecular complexity index is 1060. The van der Waals surface area contributed by atoms with Crippen LogP contribution >= 0.6 is 0 Å². The third-order valence-corrected chi connectivity index (χ3v) is 4.61. The van der Waals surface area contributed by atoms with Crippen LogP contribution in [0.5, 0.6) is 0 Å². The molecule has 0 amide bonds. The van der Waals surface area contributed by atoms with Crippen molar-refractivity contribution in [3.63, 3.8) is 0 Å². The average molecular weight is 278 g/mol. The van der Waals surface area contributed by atoms with Gasteiger partial charge >= 0.3 is 0 Å². The first-order valence-electron chi connectivity index (χ1n) is 7.64. The summed E-state index contributed by atoms with van der Waals surface area (Å²) >= 11 is 0. The molecule has 0 spiro atoms. The van der Waals surface area contributed by atoms with Gasteiger partial charge in [0.05, 0.1) is 0 Å². The number of hydrogen-bond donors (Lipinski definition) is 0. The zero-order valence-corrected chi connectivity index (χ0v) is 12.1. The van der Waals surface area contributed by atoms with Gasteiger partial charge in [-0.05, 0) is 49.9 Å². The Balaban J connectivity index is 1.86. The highest BCUT2D eigenvalue weighted by atomic mass is 14.2. The largest absolute Gasteiger partial charge is 0.0616 e. The molecule has 0 aliphatic heterocycles. The Morgan fingerprint density at radius 2 is 1.18 bits per heavy atom. The summed E-state index contributed by atoms with van der Waals surface area (Å²) in [6.45, 7) is 0. The minimum Gasteiger partial charge on any atom is -0.0616 e. The standard InChI is InChI=1S/C22H14/c1-2-11-18-15(6-1)7-4-12-19(18)21-14-17-10-3-8-16-9-5-13-20(21)22(16)17/h1-14H. The van der Waals surface area contributed by atoms with Gasteiger partial charge in [-0.1, -0.05) is 78.9 Å². The third-order valence-electron chi connectivity index (χ3n) is 4.61. The molecular weight excluding hydrogens is 264 g/mol. The molecule has 102 valence electrons. The van der Waals surface area contributed by atoms with Gasteiger partial charge in [0.25, 0.3) is 0 Å². The van der Waals surface area contributed by atoms with E-state index in [1.165, 1.54) is 43.8 Å². The molecule has 0 atom stereocenters. The lowest BCUT2D eigenvalue weighted by molar-refractivity contribution is 1.65. The summed E-state index contributed by atoms with van der Waals surface area (Å²) in [4.78, 5) is 0. The van der Waals surface area contributed by atoms with Gasteiger partial charge in [-0.25, -0.2) is 0 Å². The number of fused-ring (bicyclic) bond motifs is 1. The molecule has 0 nitrogen and oxygen atoms in total. The van der Waals surface area contributed by atoms with Crippen LogP contribution in [0.1, 0.15) is 16.7 Å². The molecule has 0 N–H and O–H groups in total. The summed E-state index contributed by atoms with van der Waals surface area (Å²) in [6.07, 6.45) is 2.33. The molecule has 0 bridgehead atoms. The molecule has 4 aromatic carbocycles. The molecule has 0 heterocycles. The van der Waals surface area contributed by atoms with Crippen molar-refractivity contribution in [2.45, 2.75) is 0 Å². The van der Waals surface area contributed by atoms with Gasteiger partial charge in [0, 0.05) is 0 Å². The Labute approximate surface area is 129 Å². The molecule has 0 aromatic heterocycles. The molecule has 0 saturated heterocycles. The normalized spacial score (nSPS) is 12.8. The second-order valence-electron chi connectivity index (χ2n) is 5.84. The van der Waals surface area contributed by atoms with Gasteiger partial charge < -0.3 is 0 Å². The van der Waals surface area contributed by atoms with Crippen molar-refractivity contribution in [2.24, 2.45) is 0 Å². The predicted octanol–water partition coefficient (Wildman–Crippen LogP) is 5.90. The van der Waals surface area contributed by atoms with Crippen LogP contribution in [0.4, 0.5) is 0 Å². The lowest BCUT2D eigenvalue weighted by Gasteiger charge is -2.10. The van der Waals surface area contributed by atoms with Gasteiger partial charge in [-0.2, -0.15) is 0 Å². The smallest absolute Gasteiger partial charge is 0.00324 e. The van der Waals surface area contributed by atoms with Crippen LogP contribution in [0, 0.1) is 0 Å². The van der Waals surface area contributed by atoms with Crippen LogP contribution in [-0.2, 0) is 0 Å². The summed E-state index contributed by atoms with van der Waals surface area (Å²) in [5, 5.41) is 5.32. The van der Waals surface area contributed by atoms with Crippen molar-refractivity contribution in [2.75, 3.05) is 0 Å². The molecule has 22 heavy (non-hydrogen) atoms. The van der Waals surface area contributed by atoms with E-state index in [1.54, 1.807) is 0 Å². The topological polar surface area (TPSA) is 0 Å². The quantitative estimate of drug-likeness (QED) is 0.358. The Morgan fingerprint density at radius 3 is 2.09 bits per heavy atom. The lowest BCUT2D eigenvalue weighted by Crippen LogP contribution is -1.87. The van der Waals surface area contributed by atoms with E-state index in [9.17, 15) is 0 Å². The molecular formula is C22H14. The zero-order chi connectivity index (χ0) is 14.5. The van der Waals surface area contributed by atoms with Crippen molar-refractivity contribution in [3.8, 4) is 0 Å². The fraction of sp³-hybridized carbons (Fsp3) is 0. The minimum atomic E-state index is 1.30. The van der Waals surface area contributed by atoms with Crippen molar-refractivity contribution >= 4 is 33.2 Å². The maximum Gasteiger partial charge on any atom is -0.00324 e. The highest BCUT2D eigenvalue weighted by molar-refractivity contribution is 6.15. The molecule has 0 radical (unpaired) electrons. The third kappa shape index (κ3) is 1.52. The van der Waals surface area contributed by atoms with Crippen LogP contribution < -0.4 is 0 Å². The van der Waals surface area contributed by atoms with Crippen molar-refractivity contribution in [3.05, 3.63) is 95.6 Å². The highest BCUT2D eigenvalue weighted by Gasteiger charge is 2.18. The van der Waals surface area contributed by atoms with Crippen molar-refractivity contribution < 1.29 is 0 Å². The second kappa shape index (κ2) is 4.32. The van der Waals surface area contributed by atoms with Crippen molar-refractivity contribution in [1.29, 1.82) is 0 Å². The zero-order valence-electron chi connectivity index (χ0n) is 12.1. The number of hydrogen-bond acceptors (Lipinski definition) is 0. The Morgan fingerprint density at radius 1 is 0.500 bits per heavy atom. The summed E-state index contributed by atoms with van der Waals surface area (Å²) < 4.78 is 0. The van der Waals surface area contributed by atoms with E-state index in [-0.39, 0.29) is 0 Å². The van der Waals surface area contributed by atoms with Gasteiger partial charge in [0.1, 0.15) is 0 Å². The van der Waals surface area contributed by atoms with Crippen LogP contribution in [0.3, 0.4) is 0 Å². The molecule has 0 unspecified atom stereocenters. The molecule has 1 aliphatic carbocycles. The van der Waals surface area contributed by atoms with Crippen LogP contribution in [0.15, 0.2) is 78.9 Å². The fourth-order valence-corrected chi connectivity index (χ4v) is 3.63. The molecule has 0 heteroatoms. The number of rotatable bonds is 1. The Kier molecular flexibility index (Phi) is 2.31. The summed E-state index contributed by atoms with van der Waals surface area (Å²) in [5.41, 5.74) is 5.34. The molecule has 4 aromatic rings. The maximum atomic E-state index is 2.33. The molecule has 0 saturated carbocycles. The average Bonchev–Trinajstić information content (AvgIpc) is 2.95. The molecule has 5 rings (SSSR count). The van der Waals surface area contributed by atoms with Crippen LogP contribution in [0.25, 0.3) is 33.2 Å². The summed E-state index contributed by atoms with van der Waals surface area (Å²) in [5.74, 6) is 0. The molecule has 0 fully saturated rings. The first-order valence-corrected chi connectivity index (χ1v) is 7.64. The van der Waals surface area contributed by atoms with E-state index in [2.05, 4.69) is 84.9 Å². The monoisotopic (exact) mass is 278 g/mol. The molecule has 1 aliphatic rings.